The van der Waals surface area contributed by atoms with Gasteiger partial charge in [0.25, 0.3) is 0 Å². The average Bonchev–Trinajstić information content (AvgIpc) is 2.45. The number of hydrogen-bond acceptors (Lipinski definition) is 3. The first kappa shape index (κ1) is 15.6. The highest BCUT2D eigenvalue weighted by molar-refractivity contribution is 9.10. The molecule has 0 aliphatic rings. The first-order valence-corrected chi connectivity index (χ1v) is 8.13. The summed E-state index contributed by atoms with van der Waals surface area (Å²) >= 11 is 3.06. The fraction of sp³-hybridized carbons (Fsp3) is 0.0714. The summed E-state index contributed by atoms with van der Waals surface area (Å²) in [7, 11) is -4.14. The predicted octanol–water partition coefficient (Wildman–Crippen LogP) is 3.13. The predicted molar refractivity (Wildman–Crippen MR) is 79.2 cm³/mol. The molecule has 0 radical (unpaired) electrons. The normalized spacial score (nSPS) is 12.6. The van der Waals surface area contributed by atoms with E-state index in [1.807, 2.05) is 6.07 Å². The molecule has 0 fully saturated rings. The third kappa shape index (κ3) is 3.67. The van der Waals surface area contributed by atoms with E-state index < -0.39 is 26.8 Å². The van der Waals surface area contributed by atoms with Crippen molar-refractivity contribution in [2.45, 2.75) is 10.9 Å². The Morgan fingerprint density at radius 2 is 1.86 bits per heavy atom. The van der Waals surface area contributed by atoms with Gasteiger partial charge in [0.2, 0.25) is 10.0 Å². The summed E-state index contributed by atoms with van der Waals surface area (Å²) in [6.07, 6.45) is 0. The summed E-state index contributed by atoms with van der Waals surface area (Å²) in [4.78, 5) is -0.498. The largest absolute Gasteiger partial charge is 0.244 e. The molecule has 0 aromatic heterocycles. The molecule has 0 saturated carbocycles. The first-order valence-electron chi connectivity index (χ1n) is 5.86. The van der Waals surface area contributed by atoms with Crippen molar-refractivity contribution in [1.82, 2.24) is 4.72 Å². The maximum atomic E-state index is 13.8. The molecule has 0 heterocycles. The first-order chi connectivity index (χ1) is 9.94. The van der Waals surface area contributed by atoms with Crippen LogP contribution < -0.4 is 4.72 Å². The van der Waals surface area contributed by atoms with Gasteiger partial charge in [-0.15, -0.1) is 0 Å². The minimum atomic E-state index is -4.14. The van der Waals surface area contributed by atoms with E-state index in [0.717, 1.165) is 12.1 Å². The maximum Gasteiger partial charge on any atom is 0.244 e. The molecule has 0 spiro atoms. The van der Waals surface area contributed by atoms with Gasteiger partial charge in [-0.2, -0.15) is 9.98 Å². The number of sulfonamides is 1. The molecule has 0 saturated heterocycles. The molecule has 0 aliphatic heterocycles. The van der Waals surface area contributed by atoms with Crippen LogP contribution in [0.3, 0.4) is 0 Å². The molecular formula is C14H10BrFN2O2S. The van der Waals surface area contributed by atoms with Gasteiger partial charge >= 0.3 is 0 Å². The Kier molecular flexibility index (Phi) is 4.73. The molecule has 1 atom stereocenters. The number of benzene rings is 2. The average molecular weight is 369 g/mol. The van der Waals surface area contributed by atoms with Gasteiger partial charge in [-0.3, -0.25) is 0 Å². The third-order valence-corrected chi connectivity index (χ3v) is 4.67. The van der Waals surface area contributed by atoms with Crippen LogP contribution in [0.15, 0.2) is 57.9 Å². The van der Waals surface area contributed by atoms with E-state index in [4.69, 9.17) is 5.26 Å². The summed E-state index contributed by atoms with van der Waals surface area (Å²) in [6, 6.07) is 12.7. The lowest BCUT2D eigenvalue weighted by molar-refractivity contribution is 0.552. The van der Waals surface area contributed by atoms with Crippen molar-refractivity contribution >= 4 is 26.0 Å². The molecule has 2 aromatic carbocycles. The number of hydrogen-bond donors (Lipinski definition) is 1. The van der Waals surface area contributed by atoms with Crippen molar-refractivity contribution in [1.29, 1.82) is 5.26 Å². The highest BCUT2D eigenvalue weighted by Gasteiger charge is 2.24. The van der Waals surface area contributed by atoms with E-state index in [1.165, 1.54) is 6.07 Å². The second-order valence-corrected chi connectivity index (χ2v) is 6.77. The standard InChI is InChI=1S/C14H10BrFN2O2S/c15-11-6-7-14(12(16)8-11)21(19,20)18-13(9-17)10-4-2-1-3-5-10/h1-8,13,18H. The molecule has 0 aliphatic carbocycles. The Balaban J connectivity index is 2.35. The number of rotatable bonds is 4. The van der Waals surface area contributed by atoms with Crippen molar-refractivity contribution in [2.24, 2.45) is 0 Å². The Morgan fingerprint density at radius 1 is 1.19 bits per heavy atom. The molecule has 1 unspecified atom stereocenters. The van der Waals surface area contributed by atoms with Gasteiger partial charge in [0.05, 0.1) is 6.07 Å². The molecule has 2 rings (SSSR count). The van der Waals surface area contributed by atoms with Crippen molar-refractivity contribution in [3.63, 3.8) is 0 Å². The Hall–Kier alpha value is -1.75. The van der Waals surface area contributed by atoms with Crippen LogP contribution in [0.5, 0.6) is 0 Å². The molecule has 108 valence electrons. The molecule has 0 bridgehead atoms. The highest BCUT2D eigenvalue weighted by atomic mass is 79.9. The Labute approximate surface area is 130 Å². The quantitative estimate of drug-likeness (QED) is 0.900. The molecule has 4 nitrogen and oxygen atoms in total. The van der Waals surface area contributed by atoms with Crippen molar-refractivity contribution in [2.75, 3.05) is 0 Å². The summed E-state index contributed by atoms with van der Waals surface area (Å²) in [5.74, 6) is -0.887. The zero-order chi connectivity index (χ0) is 15.5. The fourth-order valence-corrected chi connectivity index (χ4v) is 3.25. The van der Waals surface area contributed by atoms with Crippen LogP contribution in [0, 0.1) is 17.1 Å². The second kappa shape index (κ2) is 6.35. The lowest BCUT2D eigenvalue weighted by Gasteiger charge is -2.13. The van der Waals surface area contributed by atoms with Crippen LogP contribution in [0.25, 0.3) is 0 Å². The Bertz CT molecular complexity index is 788. The molecule has 21 heavy (non-hydrogen) atoms. The van der Waals surface area contributed by atoms with Gasteiger partial charge in [0, 0.05) is 4.47 Å². The van der Waals surface area contributed by atoms with E-state index >= 15 is 0 Å². The smallest absolute Gasteiger partial charge is 0.207 e. The van der Waals surface area contributed by atoms with Gasteiger partial charge in [0.1, 0.15) is 16.8 Å². The van der Waals surface area contributed by atoms with E-state index in [2.05, 4.69) is 20.7 Å². The van der Waals surface area contributed by atoms with Crippen LogP contribution >= 0.6 is 15.9 Å². The monoisotopic (exact) mass is 368 g/mol. The fourth-order valence-electron chi connectivity index (χ4n) is 1.73. The van der Waals surface area contributed by atoms with Crippen molar-refractivity contribution < 1.29 is 12.8 Å². The van der Waals surface area contributed by atoms with Crippen LogP contribution in [0.1, 0.15) is 11.6 Å². The summed E-state index contributed by atoms with van der Waals surface area (Å²) in [5.41, 5.74) is 0.487. The lowest BCUT2D eigenvalue weighted by Crippen LogP contribution is -2.28. The number of nitrogens with zero attached hydrogens (tertiary/aromatic N) is 1. The highest BCUT2D eigenvalue weighted by Crippen LogP contribution is 2.21. The van der Waals surface area contributed by atoms with Gasteiger partial charge in [0.15, 0.2) is 0 Å². The van der Waals surface area contributed by atoms with Crippen molar-refractivity contribution in [3.05, 3.63) is 64.4 Å². The topological polar surface area (TPSA) is 70.0 Å². The van der Waals surface area contributed by atoms with Gasteiger partial charge in [-0.1, -0.05) is 46.3 Å². The zero-order valence-electron chi connectivity index (χ0n) is 10.6. The molecule has 0 amide bonds. The van der Waals surface area contributed by atoms with E-state index in [1.54, 1.807) is 30.3 Å². The summed E-state index contributed by atoms with van der Waals surface area (Å²) in [5, 5.41) is 9.12. The van der Waals surface area contributed by atoms with Gasteiger partial charge in [-0.05, 0) is 23.8 Å². The molecular weight excluding hydrogens is 359 g/mol. The summed E-state index contributed by atoms with van der Waals surface area (Å²) in [6.45, 7) is 0. The van der Waals surface area contributed by atoms with Gasteiger partial charge in [-0.25, -0.2) is 12.8 Å². The van der Waals surface area contributed by atoms with Crippen LogP contribution in [0.2, 0.25) is 0 Å². The number of nitriles is 1. The number of nitrogens with one attached hydrogen (secondary N) is 1. The molecule has 2 aromatic rings. The second-order valence-electron chi connectivity index (χ2n) is 4.17. The minimum absolute atomic E-state index is 0.429. The maximum absolute atomic E-state index is 13.8. The van der Waals surface area contributed by atoms with Crippen molar-refractivity contribution in [3.8, 4) is 6.07 Å². The van der Waals surface area contributed by atoms with Crippen LogP contribution in [-0.4, -0.2) is 8.42 Å². The lowest BCUT2D eigenvalue weighted by atomic mass is 10.1. The van der Waals surface area contributed by atoms with Crippen LogP contribution in [0.4, 0.5) is 4.39 Å². The minimum Gasteiger partial charge on any atom is -0.207 e. The Morgan fingerprint density at radius 3 is 2.43 bits per heavy atom. The van der Waals surface area contributed by atoms with Gasteiger partial charge < -0.3 is 0 Å². The SMILES string of the molecule is N#CC(NS(=O)(=O)c1ccc(Br)cc1F)c1ccccc1. The molecule has 7 heteroatoms. The number of halogens is 2. The summed E-state index contributed by atoms with van der Waals surface area (Å²) < 4.78 is 40.8. The van der Waals surface area contributed by atoms with Crippen LogP contribution in [-0.2, 0) is 10.0 Å². The zero-order valence-corrected chi connectivity index (χ0v) is 13.0. The molecule has 1 N–H and O–H groups in total. The van der Waals surface area contributed by atoms with E-state index in [9.17, 15) is 12.8 Å². The third-order valence-electron chi connectivity index (χ3n) is 2.72. The van der Waals surface area contributed by atoms with E-state index in [0.29, 0.717) is 10.0 Å². The van der Waals surface area contributed by atoms with E-state index in [-0.39, 0.29) is 0 Å².